The molecule has 120 valence electrons. The largest absolute Gasteiger partial charge is 0.497 e. The Kier molecular flexibility index (Phi) is 5.74. The molecular weight excluding hydrogens is 294 g/mol. The van der Waals surface area contributed by atoms with Gasteiger partial charge in [0, 0.05) is 0 Å². The molecule has 2 N–H and O–H groups in total. The summed E-state index contributed by atoms with van der Waals surface area (Å²) in [6, 6.07) is 14.5. The van der Waals surface area contributed by atoms with E-state index in [1.807, 2.05) is 30.3 Å². The van der Waals surface area contributed by atoms with Gasteiger partial charge in [-0.1, -0.05) is 36.4 Å². The van der Waals surface area contributed by atoms with E-state index in [-0.39, 0.29) is 25.4 Å². The van der Waals surface area contributed by atoms with Gasteiger partial charge in [0.25, 0.3) is 0 Å². The molecule has 0 fully saturated rings. The Bertz CT molecular complexity index is 680. The van der Waals surface area contributed by atoms with E-state index in [1.54, 1.807) is 25.3 Å². The van der Waals surface area contributed by atoms with Crippen LogP contribution in [0, 0.1) is 0 Å². The van der Waals surface area contributed by atoms with Gasteiger partial charge in [0.2, 0.25) is 5.91 Å². The molecule has 0 aromatic heterocycles. The van der Waals surface area contributed by atoms with Gasteiger partial charge >= 0.3 is 5.97 Å². The van der Waals surface area contributed by atoms with Gasteiger partial charge in [-0.25, -0.2) is 0 Å². The first-order chi connectivity index (χ1) is 11.1. The Labute approximate surface area is 135 Å². The van der Waals surface area contributed by atoms with E-state index in [4.69, 9.17) is 15.2 Å². The maximum atomic E-state index is 11.9. The van der Waals surface area contributed by atoms with Gasteiger partial charge in [0.15, 0.2) is 0 Å². The summed E-state index contributed by atoms with van der Waals surface area (Å²) in [5.74, 6) is 0.0348. The molecule has 0 saturated heterocycles. The molecule has 0 heterocycles. The minimum atomic E-state index is -0.399. The third-order valence-electron chi connectivity index (χ3n) is 3.28. The number of rotatable bonds is 7. The van der Waals surface area contributed by atoms with Crippen molar-refractivity contribution >= 4 is 11.9 Å². The molecule has 0 unspecified atom stereocenters. The summed E-state index contributed by atoms with van der Waals surface area (Å²) in [7, 11) is 1.60. The van der Waals surface area contributed by atoms with E-state index < -0.39 is 5.91 Å². The van der Waals surface area contributed by atoms with Crippen LogP contribution in [0.1, 0.15) is 16.7 Å². The van der Waals surface area contributed by atoms with Crippen molar-refractivity contribution in [1.29, 1.82) is 0 Å². The second-order valence-corrected chi connectivity index (χ2v) is 5.15. The molecule has 0 aliphatic heterocycles. The first kappa shape index (κ1) is 16.5. The molecule has 0 radical (unpaired) electrons. The summed E-state index contributed by atoms with van der Waals surface area (Å²) in [4.78, 5) is 22.8. The number of ether oxygens (including phenoxy) is 2. The van der Waals surface area contributed by atoms with Crippen LogP contribution in [0.3, 0.4) is 0 Å². The molecule has 23 heavy (non-hydrogen) atoms. The number of carbonyl (C=O) groups is 2. The lowest BCUT2D eigenvalue weighted by molar-refractivity contribution is -0.144. The maximum absolute atomic E-state index is 11.9. The monoisotopic (exact) mass is 313 g/mol. The lowest BCUT2D eigenvalue weighted by Crippen LogP contribution is -2.14. The zero-order valence-electron chi connectivity index (χ0n) is 13.0. The van der Waals surface area contributed by atoms with Gasteiger partial charge in [-0.3, -0.25) is 9.59 Å². The van der Waals surface area contributed by atoms with Crippen LogP contribution >= 0.6 is 0 Å². The van der Waals surface area contributed by atoms with E-state index >= 15 is 0 Å². The van der Waals surface area contributed by atoms with Crippen molar-refractivity contribution < 1.29 is 19.1 Å². The molecule has 0 aliphatic carbocycles. The van der Waals surface area contributed by atoms with Crippen LogP contribution in [0.4, 0.5) is 0 Å². The zero-order valence-corrected chi connectivity index (χ0v) is 13.0. The van der Waals surface area contributed by atoms with Gasteiger partial charge in [0.1, 0.15) is 12.4 Å². The SMILES string of the molecule is COc1ccc(COC(=O)Cc2cccc(CC(N)=O)c2)cc1. The molecule has 5 nitrogen and oxygen atoms in total. The Morgan fingerprint density at radius 1 is 0.957 bits per heavy atom. The molecule has 0 bridgehead atoms. The van der Waals surface area contributed by atoms with Gasteiger partial charge in [0.05, 0.1) is 20.0 Å². The molecule has 2 rings (SSSR count). The van der Waals surface area contributed by atoms with E-state index in [1.165, 1.54) is 0 Å². The Morgan fingerprint density at radius 3 is 2.22 bits per heavy atom. The first-order valence-corrected chi connectivity index (χ1v) is 7.21. The maximum Gasteiger partial charge on any atom is 0.310 e. The van der Waals surface area contributed by atoms with Crippen LogP contribution < -0.4 is 10.5 Å². The fourth-order valence-electron chi connectivity index (χ4n) is 2.15. The summed E-state index contributed by atoms with van der Waals surface area (Å²) < 4.78 is 10.3. The molecule has 0 aliphatic rings. The number of carbonyl (C=O) groups excluding carboxylic acids is 2. The van der Waals surface area contributed by atoms with Crippen molar-refractivity contribution in [1.82, 2.24) is 0 Å². The van der Waals surface area contributed by atoms with Crippen LogP contribution in [0.2, 0.25) is 0 Å². The highest BCUT2D eigenvalue weighted by atomic mass is 16.5. The third-order valence-corrected chi connectivity index (χ3v) is 3.28. The Balaban J connectivity index is 1.87. The van der Waals surface area contributed by atoms with Crippen LogP contribution in [0.5, 0.6) is 5.75 Å². The lowest BCUT2D eigenvalue weighted by Gasteiger charge is -2.07. The van der Waals surface area contributed by atoms with E-state index in [9.17, 15) is 9.59 Å². The second kappa shape index (κ2) is 7.98. The van der Waals surface area contributed by atoms with Crippen LogP contribution in [-0.2, 0) is 33.8 Å². The van der Waals surface area contributed by atoms with Gasteiger partial charge in [-0.05, 0) is 28.8 Å². The predicted molar refractivity (Wildman–Crippen MR) is 85.8 cm³/mol. The summed E-state index contributed by atoms with van der Waals surface area (Å²) in [6.45, 7) is 0.212. The van der Waals surface area contributed by atoms with Crippen molar-refractivity contribution in [3.8, 4) is 5.75 Å². The quantitative estimate of drug-likeness (QED) is 0.793. The van der Waals surface area contributed by atoms with E-state index in [2.05, 4.69) is 0 Å². The molecule has 5 heteroatoms. The molecule has 2 aromatic rings. The Morgan fingerprint density at radius 2 is 1.61 bits per heavy atom. The number of esters is 1. The minimum Gasteiger partial charge on any atom is -0.497 e. The Hall–Kier alpha value is -2.82. The predicted octanol–water partition coefficient (Wildman–Crippen LogP) is 2.01. The van der Waals surface area contributed by atoms with E-state index in [0.29, 0.717) is 0 Å². The minimum absolute atomic E-state index is 0.156. The van der Waals surface area contributed by atoms with Crippen LogP contribution in [-0.4, -0.2) is 19.0 Å². The fourth-order valence-corrected chi connectivity index (χ4v) is 2.15. The summed E-state index contributed by atoms with van der Waals surface area (Å²) >= 11 is 0. The summed E-state index contributed by atoms with van der Waals surface area (Å²) in [5.41, 5.74) is 7.64. The average Bonchev–Trinajstić information content (AvgIpc) is 2.53. The first-order valence-electron chi connectivity index (χ1n) is 7.21. The van der Waals surface area contributed by atoms with Crippen molar-refractivity contribution in [3.63, 3.8) is 0 Å². The summed E-state index contributed by atoms with van der Waals surface area (Å²) in [6.07, 6.45) is 0.317. The molecular formula is C18H19NO4. The van der Waals surface area contributed by atoms with Crippen molar-refractivity contribution in [2.75, 3.05) is 7.11 Å². The van der Waals surface area contributed by atoms with Crippen LogP contribution in [0.25, 0.3) is 0 Å². The topological polar surface area (TPSA) is 78.6 Å². The van der Waals surface area contributed by atoms with Crippen LogP contribution in [0.15, 0.2) is 48.5 Å². The second-order valence-electron chi connectivity index (χ2n) is 5.15. The molecule has 0 saturated carbocycles. The fraction of sp³-hybridized carbons (Fsp3) is 0.222. The number of hydrogen-bond donors (Lipinski definition) is 1. The van der Waals surface area contributed by atoms with Gasteiger partial charge < -0.3 is 15.2 Å². The third kappa shape index (κ3) is 5.47. The van der Waals surface area contributed by atoms with E-state index in [0.717, 1.165) is 22.4 Å². The number of primary amides is 1. The van der Waals surface area contributed by atoms with Crippen molar-refractivity contribution in [2.45, 2.75) is 19.4 Å². The normalized spacial score (nSPS) is 10.1. The number of nitrogens with two attached hydrogens (primary N) is 1. The molecule has 2 aromatic carbocycles. The number of benzene rings is 2. The van der Waals surface area contributed by atoms with Crippen molar-refractivity contribution in [2.24, 2.45) is 5.73 Å². The molecule has 0 spiro atoms. The lowest BCUT2D eigenvalue weighted by atomic mass is 10.1. The highest BCUT2D eigenvalue weighted by molar-refractivity contribution is 5.77. The van der Waals surface area contributed by atoms with Gasteiger partial charge in [-0.2, -0.15) is 0 Å². The van der Waals surface area contributed by atoms with Gasteiger partial charge in [-0.15, -0.1) is 0 Å². The standard InChI is InChI=1S/C18H19NO4/c1-22-16-7-5-13(6-8-16)12-23-18(21)11-15-4-2-3-14(9-15)10-17(19)20/h2-9H,10-12H2,1H3,(H2,19,20). The van der Waals surface area contributed by atoms with Crippen molar-refractivity contribution in [3.05, 3.63) is 65.2 Å². The highest BCUT2D eigenvalue weighted by Crippen LogP contribution is 2.13. The number of amides is 1. The smallest absolute Gasteiger partial charge is 0.310 e. The zero-order chi connectivity index (χ0) is 16.7. The molecule has 1 amide bonds. The highest BCUT2D eigenvalue weighted by Gasteiger charge is 2.07. The average molecular weight is 313 g/mol. The summed E-state index contributed by atoms with van der Waals surface area (Å²) in [5, 5.41) is 0. The number of hydrogen-bond acceptors (Lipinski definition) is 4. The molecule has 0 atom stereocenters. The number of methoxy groups -OCH3 is 1.